The molecule has 3 heteroatoms. The molecule has 0 amide bonds. The number of anilines is 1. The predicted molar refractivity (Wildman–Crippen MR) is 101 cm³/mol. The molecule has 2 aliphatic rings. The Kier molecular flexibility index (Phi) is 4.59. The highest BCUT2D eigenvalue weighted by Crippen LogP contribution is 2.50. The highest BCUT2D eigenvalue weighted by Gasteiger charge is 2.42. The maximum absolute atomic E-state index is 8.73. The lowest BCUT2D eigenvalue weighted by atomic mass is 9.80. The maximum atomic E-state index is 8.73. The number of para-hydroxylation sites is 1. The van der Waals surface area contributed by atoms with Crippen LogP contribution in [0.5, 0.6) is 0 Å². The molecule has 25 heavy (non-hydrogen) atoms. The van der Waals surface area contributed by atoms with E-state index in [1.54, 1.807) is 6.08 Å². The van der Waals surface area contributed by atoms with Gasteiger partial charge in [0.2, 0.25) is 0 Å². The SMILES string of the molecule is CC1(C)C2=C(/C=C/C=C/C=C(C#N)C#N)CCCN2c2ccccc21. The zero-order valence-corrected chi connectivity index (χ0v) is 14.7. The van der Waals surface area contributed by atoms with Crippen LogP contribution in [0.25, 0.3) is 0 Å². The highest BCUT2D eigenvalue weighted by molar-refractivity contribution is 5.72. The molecule has 3 rings (SSSR count). The van der Waals surface area contributed by atoms with Crippen LogP contribution in [0.1, 0.15) is 32.3 Å². The number of hydrogen-bond donors (Lipinski definition) is 0. The molecule has 0 fully saturated rings. The van der Waals surface area contributed by atoms with Gasteiger partial charge in [-0.05, 0) is 36.1 Å². The first-order chi connectivity index (χ1) is 12.1. The van der Waals surface area contributed by atoms with Gasteiger partial charge in [0.1, 0.15) is 17.7 Å². The molecule has 0 aliphatic carbocycles. The molecule has 0 saturated heterocycles. The van der Waals surface area contributed by atoms with Gasteiger partial charge in [-0.3, -0.25) is 0 Å². The van der Waals surface area contributed by atoms with Crippen LogP contribution in [0, 0.1) is 22.7 Å². The minimum atomic E-state index is 0.00902. The molecule has 0 aromatic heterocycles. The summed E-state index contributed by atoms with van der Waals surface area (Å²) in [4.78, 5) is 2.46. The number of fused-ring (bicyclic) bond motifs is 3. The minimum Gasteiger partial charge on any atom is -0.344 e. The average molecular weight is 327 g/mol. The highest BCUT2D eigenvalue weighted by atomic mass is 15.2. The first-order valence-electron chi connectivity index (χ1n) is 8.55. The Morgan fingerprint density at radius 1 is 1.12 bits per heavy atom. The molecule has 2 aliphatic heterocycles. The van der Waals surface area contributed by atoms with Crippen molar-refractivity contribution in [2.24, 2.45) is 0 Å². The van der Waals surface area contributed by atoms with Crippen molar-refractivity contribution in [3.05, 3.63) is 77.1 Å². The molecule has 0 atom stereocenters. The lowest BCUT2D eigenvalue weighted by molar-refractivity contribution is 0.595. The van der Waals surface area contributed by atoms with Gasteiger partial charge >= 0.3 is 0 Å². The van der Waals surface area contributed by atoms with Crippen LogP contribution in [0.3, 0.4) is 0 Å². The molecule has 124 valence electrons. The van der Waals surface area contributed by atoms with Gasteiger partial charge in [-0.2, -0.15) is 10.5 Å². The second-order valence-corrected chi connectivity index (χ2v) is 6.82. The fourth-order valence-corrected chi connectivity index (χ4v) is 3.83. The number of benzene rings is 1. The fourth-order valence-electron chi connectivity index (χ4n) is 3.83. The van der Waals surface area contributed by atoms with Gasteiger partial charge in [0, 0.05) is 23.3 Å². The van der Waals surface area contributed by atoms with E-state index in [-0.39, 0.29) is 11.0 Å². The Balaban J connectivity index is 1.91. The Morgan fingerprint density at radius 3 is 2.64 bits per heavy atom. The van der Waals surface area contributed by atoms with Crippen molar-refractivity contribution in [3.8, 4) is 12.1 Å². The van der Waals surface area contributed by atoms with E-state index in [1.807, 2.05) is 24.3 Å². The van der Waals surface area contributed by atoms with E-state index in [9.17, 15) is 0 Å². The Morgan fingerprint density at radius 2 is 1.88 bits per heavy atom. The van der Waals surface area contributed by atoms with Crippen molar-refractivity contribution in [2.45, 2.75) is 32.1 Å². The summed E-state index contributed by atoms with van der Waals surface area (Å²) in [5.41, 5.74) is 5.61. The number of rotatable bonds is 3. The van der Waals surface area contributed by atoms with Gasteiger partial charge < -0.3 is 4.90 Å². The number of nitriles is 2. The summed E-state index contributed by atoms with van der Waals surface area (Å²) in [5, 5.41) is 17.5. The largest absolute Gasteiger partial charge is 0.344 e. The van der Waals surface area contributed by atoms with Gasteiger partial charge in [-0.1, -0.05) is 56.4 Å². The average Bonchev–Trinajstić information content (AvgIpc) is 2.87. The van der Waals surface area contributed by atoms with Gasteiger partial charge in [-0.15, -0.1) is 0 Å². The smallest absolute Gasteiger partial charge is 0.129 e. The van der Waals surface area contributed by atoms with Crippen LogP contribution in [0.2, 0.25) is 0 Å². The molecule has 0 N–H and O–H groups in total. The summed E-state index contributed by atoms with van der Waals surface area (Å²) in [6.45, 7) is 5.66. The summed E-state index contributed by atoms with van der Waals surface area (Å²) < 4.78 is 0. The van der Waals surface area contributed by atoms with Gasteiger partial charge in [0.15, 0.2) is 0 Å². The predicted octanol–water partition coefficient (Wildman–Crippen LogP) is 4.92. The van der Waals surface area contributed by atoms with E-state index in [2.05, 4.69) is 49.1 Å². The third-order valence-electron chi connectivity index (χ3n) is 4.89. The molecular weight excluding hydrogens is 306 g/mol. The van der Waals surface area contributed by atoms with Crippen molar-refractivity contribution >= 4 is 5.69 Å². The minimum absolute atomic E-state index is 0.00902. The lowest BCUT2D eigenvalue weighted by Crippen LogP contribution is -2.31. The standard InChI is InChI=1S/C22H21N3/c1-22(2)19-12-6-7-13-20(19)25-14-8-11-18(21(22)25)10-5-3-4-9-17(15-23)16-24/h3-7,9-10,12-13H,8,11,14H2,1-2H3/b4-3+,10-5+. The summed E-state index contributed by atoms with van der Waals surface area (Å²) in [7, 11) is 0. The third kappa shape index (κ3) is 3.02. The van der Waals surface area contributed by atoms with E-state index < -0.39 is 0 Å². The molecule has 1 aromatic carbocycles. The zero-order chi connectivity index (χ0) is 17.9. The van der Waals surface area contributed by atoms with E-state index in [0.717, 1.165) is 19.4 Å². The van der Waals surface area contributed by atoms with Crippen LogP contribution < -0.4 is 4.90 Å². The van der Waals surface area contributed by atoms with Crippen molar-refractivity contribution < 1.29 is 0 Å². The number of hydrogen-bond acceptors (Lipinski definition) is 3. The van der Waals surface area contributed by atoms with Crippen LogP contribution >= 0.6 is 0 Å². The van der Waals surface area contributed by atoms with Crippen LogP contribution in [0.4, 0.5) is 5.69 Å². The molecule has 3 nitrogen and oxygen atoms in total. The Bertz CT molecular complexity index is 867. The van der Waals surface area contributed by atoms with Crippen molar-refractivity contribution in [2.75, 3.05) is 11.4 Å². The van der Waals surface area contributed by atoms with E-state index in [1.165, 1.54) is 28.6 Å². The second kappa shape index (κ2) is 6.83. The topological polar surface area (TPSA) is 50.8 Å². The normalized spacial score (nSPS) is 18.0. The van der Waals surface area contributed by atoms with Crippen molar-refractivity contribution in [1.29, 1.82) is 10.5 Å². The maximum Gasteiger partial charge on any atom is 0.129 e. The molecule has 0 radical (unpaired) electrons. The first kappa shape index (κ1) is 16.8. The summed E-state index contributed by atoms with van der Waals surface area (Å²) >= 11 is 0. The number of nitrogens with zero attached hydrogens (tertiary/aromatic N) is 3. The first-order valence-corrected chi connectivity index (χ1v) is 8.55. The van der Waals surface area contributed by atoms with Gasteiger partial charge in [0.05, 0.1) is 0 Å². The molecule has 0 unspecified atom stereocenters. The molecule has 0 bridgehead atoms. The molecule has 2 heterocycles. The van der Waals surface area contributed by atoms with Gasteiger partial charge in [0.25, 0.3) is 0 Å². The summed E-state index contributed by atoms with van der Waals surface area (Å²) in [5.74, 6) is 0. The van der Waals surface area contributed by atoms with Crippen LogP contribution in [0.15, 0.2) is 71.5 Å². The summed E-state index contributed by atoms with van der Waals surface area (Å²) in [6, 6.07) is 12.4. The molecule has 1 aromatic rings. The third-order valence-corrected chi connectivity index (χ3v) is 4.89. The summed E-state index contributed by atoms with van der Waals surface area (Å²) in [6.07, 6.45) is 11.5. The van der Waals surface area contributed by atoms with Crippen LogP contribution in [-0.4, -0.2) is 6.54 Å². The van der Waals surface area contributed by atoms with E-state index in [4.69, 9.17) is 10.5 Å². The quantitative estimate of drug-likeness (QED) is 0.585. The van der Waals surface area contributed by atoms with Crippen molar-refractivity contribution in [1.82, 2.24) is 0 Å². The zero-order valence-electron chi connectivity index (χ0n) is 14.7. The van der Waals surface area contributed by atoms with E-state index in [0.29, 0.717) is 0 Å². The van der Waals surface area contributed by atoms with Gasteiger partial charge in [-0.25, -0.2) is 0 Å². The monoisotopic (exact) mass is 327 g/mol. The van der Waals surface area contributed by atoms with E-state index >= 15 is 0 Å². The lowest BCUT2D eigenvalue weighted by Gasteiger charge is -2.33. The molecular formula is C22H21N3. The second-order valence-electron chi connectivity index (χ2n) is 6.82. The Hall–Kier alpha value is -3.04. The molecule has 0 saturated carbocycles. The molecule has 0 spiro atoms. The Labute approximate surface area is 149 Å². The fraction of sp³-hybridized carbons (Fsp3) is 0.273. The van der Waals surface area contributed by atoms with Crippen molar-refractivity contribution in [3.63, 3.8) is 0 Å². The van der Waals surface area contributed by atoms with Crippen LogP contribution in [-0.2, 0) is 5.41 Å². The number of allylic oxidation sites excluding steroid dienone is 8.